The van der Waals surface area contributed by atoms with Crippen molar-refractivity contribution < 1.29 is 14.3 Å². The van der Waals surface area contributed by atoms with Gasteiger partial charge in [0.15, 0.2) is 6.04 Å². The highest BCUT2D eigenvalue weighted by molar-refractivity contribution is 8.00. The molecular formula is C14H25N5O3S. The molecule has 1 aliphatic carbocycles. The number of ether oxygens (including phenoxy) is 1. The number of primary amides is 1. The molecule has 9 heteroatoms. The topological polar surface area (TPSA) is 109 Å². The summed E-state index contributed by atoms with van der Waals surface area (Å²) in [5.41, 5.74) is 11.5. The van der Waals surface area contributed by atoms with Gasteiger partial charge in [-0.25, -0.2) is 10.4 Å². The molecule has 0 spiro atoms. The van der Waals surface area contributed by atoms with Crippen LogP contribution in [0.2, 0.25) is 0 Å². The van der Waals surface area contributed by atoms with Crippen molar-refractivity contribution in [1.82, 2.24) is 21.3 Å². The highest BCUT2D eigenvalue weighted by atomic mass is 32.2. The standard InChI is InChI=1S/C14H25N5O3S/c1-2-22-14(21)11-12-16-13(23-7-10(15)20)8-5-3-4-6-9(8)19(12)18-17-11/h8-9,11-13,16-18H,2-7H2,1H3,(H2,15,20). The van der Waals surface area contributed by atoms with Gasteiger partial charge in [-0.15, -0.1) is 11.8 Å². The smallest absolute Gasteiger partial charge is 0.327 e. The fourth-order valence-electron chi connectivity index (χ4n) is 3.81. The predicted octanol–water partition coefficient (Wildman–Crippen LogP) is -0.724. The lowest BCUT2D eigenvalue weighted by atomic mass is 9.82. The van der Waals surface area contributed by atoms with E-state index in [1.165, 1.54) is 12.8 Å². The zero-order valence-electron chi connectivity index (χ0n) is 13.3. The first-order chi connectivity index (χ1) is 11.1. The molecule has 3 fully saturated rings. The van der Waals surface area contributed by atoms with Crippen LogP contribution in [-0.4, -0.2) is 52.9 Å². The molecule has 5 unspecified atom stereocenters. The Labute approximate surface area is 140 Å². The van der Waals surface area contributed by atoms with Crippen LogP contribution in [0.1, 0.15) is 32.6 Å². The average molecular weight is 343 g/mol. The van der Waals surface area contributed by atoms with Gasteiger partial charge in [0.25, 0.3) is 0 Å². The van der Waals surface area contributed by atoms with E-state index in [0.29, 0.717) is 24.3 Å². The van der Waals surface area contributed by atoms with E-state index in [-0.39, 0.29) is 23.4 Å². The second kappa shape index (κ2) is 7.35. The van der Waals surface area contributed by atoms with Gasteiger partial charge in [0.05, 0.1) is 17.7 Å². The lowest BCUT2D eigenvalue weighted by Gasteiger charge is -2.49. The van der Waals surface area contributed by atoms with Crippen LogP contribution in [0.4, 0.5) is 0 Å². The molecule has 2 aliphatic heterocycles. The lowest BCUT2D eigenvalue weighted by Crippen LogP contribution is -2.67. The number of rotatable bonds is 5. The first kappa shape index (κ1) is 17.0. The molecule has 2 saturated heterocycles. The van der Waals surface area contributed by atoms with Crippen molar-refractivity contribution in [2.75, 3.05) is 12.4 Å². The molecule has 0 radical (unpaired) electrons. The Bertz CT molecular complexity index is 466. The molecule has 0 aromatic rings. The number of nitrogens with one attached hydrogen (secondary N) is 3. The zero-order valence-corrected chi connectivity index (χ0v) is 14.1. The summed E-state index contributed by atoms with van der Waals surface area (Å²) in [5, 5.41) is 5.75. The number of nitrogens with zero attached hydrogens (tertiary/aromatic N) is 1. The number of amides is 1. The molecular weight excluding hydrogens is 318 g/mol. The molecule has 5 N–H and O–H groups in total. The van der Waals surface area contributed by atoms with Crippen molar-refractivity contribution in [3.63, 3.8) is 0 Å². The average Bonchev–Trinajstić information content (AvgIpc) is 2.97. The van der Waals surface area contributed by atoms with Crippen LogP contribution in [0.25, 0.3) is 0 Å². The normalized spacial score (nSPS) is 37.0. The minimum Gasteiger partial charge on any atom is -0.465 e. The van der Waals surface area contributed by atoms with Gasteiger partial charge in [-0.05, 0) is 19.8 Å². The second-order valence-corrected chi connectivity index (χ2v) is 7.35. The zero-order chi connectivity index (χ0) is 16.4. The summed E-state index contributed by atoms with van der Waals surface area (Å²) in [6.45, 7) is 2.16. The van der Waals surface area contributed by atoms with Crippen LogP contribution in [0.5, 0.6) is 0 Å². The number of esters is 1. The molecule has 1 amide bonds. The van der Waals surface area contributed by atoms with E-state index in [0.717, 1.165) is 12.8 Å². The quantitative estimate of drug-likeness (QED) is 0.484. The summed E-state index contributed by atoms with van der Waals surface area (Å²) >= 11 is 1.55. The summed E-state index contributed by atoms with van der Waals surface area (Å²) in [5.74, 6) is 0.141. The molecule has 0 aromatic heterocycles. The van der Waals surface area contributed by atoms with Crippen LogP contribution in [0.3, 0.4) is 0 Å². The van der Waals surface area contributed by atoms with Crippen molar-refractivity contribution in [2.45, 2.75) is 56.2 Å². The summed E-state index contributed by atoms with van der Waals surface area (Å²) in [7, 11) is 0. The Balaban J connectivity index is 1.75. The fraction of sp³-hybridized carbons (Fsp3) is 0.857. The minimum atomic E-state index is -0.463. The fourth-order valence-corrected chi connectivity index (χ4v) is 4.96. The van der Waals surface area contributed by atoms with Crippen molar-refractivity contribution in [3.05, 3.63) is 0 Å². The number of carbonyl (C=O) groups is 2. The van der Waals surface area contributed by atoms with E-state index < -0.39 is 6.04 Å². The first-order valence-corrected chi connectivity index (χ1v) is 9.28. The second-order valence-electron chi connectivity index (χ2n) is 6.22. The molecule has 0 aromatic carbocycles. The highest BCUT2D eigenvalue weighted by Gasteiger charge is 2.51. The van der Waals surface area contributed by atoms with Crippen molar-refractivity contribution in [2.24, 2.45) is 11.7 Å². The Hall–Kier alpha value is -0.870. The molecule has 2 heterocycles. The molecule has 5 atom stereocenters. The van der Waals surface area contributed by atoms with Gasteiger partial charge in [0.2, 0.25) is 5.91 Å². The number of hydrogen-bond donors (Lipinski definition) is 4. The van der Waals surface area contributed by atoms with E-state index in [2.05, 4.69) is 21.3 Å². The monoisotopic (exact) mass is 343 g/mol. The third-order valence-corrected chi connectivity index (χ3v) is 6.07. The van der Waals surface area contributed by atoms with E-state index in [1.807, 2.05) is 0 Å². The van der Waals surface area contributed by atoms with E-state index >= 15 is 0 Å². The molecule has 1 saturated carbocycles. The van der Waals surface area contributed by atoms with Crippen molar-refractivity contribution in [3.8, 4) is 0 Å². The Morgan fingerprint density at radius 3 is 2.87 bits per heavy atom. The maximum atomic E-state index is 12.2. The van der Waals surface area contributed by atoms with Crippen LogP contribution in [-0.2, 0) is 14.3 Å². The number of hydrazine groups is 2. The Morgan fingerprint density at radius 1 is 1.35 bits per heavy atom. The lowest BCUT2D eigenvalue weighted by molar-refractivity contribution is -0.147. The molecule has 130 valence electrons. The van der Waals surface area contributed by atoms with Gasteiger partial charge in [-0.3, -0.25) is 14.9 Å². The number of fused-ring (bicyclic) bond motifs is 3. The third-order valence-electron chi connectivity index (χ3n) is 4.77. The van der Waals surface area contributed by atoms with Crippen LogP contribution >= 0.6 is 11.8 Å². The van der Waals surface area contributed by atoms with Gasteiger partial charge < -0.3 is 10.5 Å². The van der Waals surface area contributed by atoms with E-state index in [4.69, 9.17) is 10.5 Å². The molecule has 0 bridgehead atoms. The molecule has 3 rings (SSSR count). The summed E-state index contributed by atoms with van der Waals surface area (Å²) in [4.78, 5) is 23.3. The van der Waals surface area contributed by atoms with Gasteiger partial charge in [-0.2, -0.15) is 5.53 Å². The van der Waals surface area contributed by atoms with Gasteiger partial charge in [0, 0.05) is 12.0 Å². The molecule has 23 heavy (non-hydrogen) atoms. The minimum absolute atomic E-state index is 0.118. The van der Waals surface area contributed by atoms with E-state index in [1.54, 1.807) is 18.7 Å². The largest absolute Gasteiger partial charge is 0.465 e. The van der Waals surface area contributed by atoms with Crippen LogP contribution in [0.15, 0.2) is 0 Å². The number of hydrogen-bond acceptors (Lipinski definition) is 8. The Kier molecular flexibility index (Phi) is 5.42. The predicted molar refractivity (Wildman–Crippen MR) is 86.6 cm³/mol. The molecule has 8 nitrogen and oxygen atoms in total. The SMILES string of the molecule is CCOC(=O)C1NNN2C3CCCCC3C(SCC(N)=O)NC12. The Morgan fingerprint density at radius 2 is 2.13 bits per heavy atom. The maximum absolute atomic E-state index is 12.2. The van der Waals surface area contributed by atoms with Gasteiger partial charge in [-0.1, -0.05) is 12.8 Å². The summed E-state index contributed by atoms with van der Waals surface area (Å²) in [6, 6.07) is -0.123. The van der Waals surface area contributed by atoms with Gasteiger partial charge in [0.1, 0.15) is 6.17 Å². The van der Waals surface area contributed by atoms with Crippen LogP contribution in [0, 0.1) is 5.92 Å². The van der Waals surface area contributed by atoms with Crippen LogP contribution < -0.4 is 22.0 Å². The van der Waals surface area contributed by atoms with Gasteiger partial charge >= 0.3 is 5.97 Å². The van der Waals surface area contributed by atoms with E-state index in [9.17, 15) is 9.59 Å². The number of thioether (sulfide) groups is 1. The number of carbonyl (C=O) groups excluding carboxylic acids is 2. The number of nitrogens with two attached hydrogens (primary N) is 1. The van der Waals surface area contributed by atoms with Crippen molar-refractivity contribution >= 4 is 23.6 Å². The third kappa shape index (κ3) is 3.48. The first-order valence-electron chi connectivity index (χ1n) is 8.24. The summed E-state index contributed by atoms with van der Waals surface area (Å²) in [6.07, 6.45) is 4.40. The van der Waals surface area contributed by atoms with Crippen molar-refractivity contribution in [1.29, 1.82) is 0 Å². The highest BCUT2D eigenvalue weighted by Crippen LogP contribution is 2.39. The summed E-state index contributed by atoms with van der Waals surface area (Å²) < 4.78 is 5.16. The molecule has 3 aliphatic rings. The maximum Gasteiger partial charge on any atom is 0.327 e.